The number of hydrogen-bond acceptors (Lipinski definition) is 19. The SMILES string of the molecule is CCN1\C(=C/C=C/C=C/C2=[N+](CCCCCC(=O)NCCSSCOCCCCCCC(=O)NCC#Cc3cn([C@H]4C[C@@H](OCS(C)=S)[C@@H](COP(=O)(O)OP(=O)(O)OP(=O)(O)O)O4)c4c3C(=O)CC(N)=C4)c3ccc(S(=O)(=O)O)cc3C2(C)C)C(C)(C)c2ccccc21. The highest BCUT2D eigenvalue weighted by atomic mass is 33.1. The van der Waals surface area contributed by atoms with Gasteiger partial charge in [-0.1, -0.05) is 106 Å². The highest BCUT2D eigenvalue weighted by Crippen LogP contribution is 2.66. The van der Waals surface area contributed by atoms with Crippen molar-refractivity contribution in [3.05, 3.63) is 118 Å². The molecule has 9 N–H and O–H groups in total. The van der Waals surface area contributed by atoms with Crippen molar-refractivity contribution in [3.8, 4) is 11.8 Å². The van der Waals surface area contributed by atoms with Gasteiger partial charge in [-0.05, 0) is 99.8 Å². The molecule has 0 saturated carbocycles. The summed E-state index contributed by atoms with van der Waals surface area (Å²) in [7, 11) is -18.7. The largest absolute Gasteiger partial charge is 0.490 e. The number of ether oxygens (including phenoxy) is 3. The second kappa shape index (κ2) is 34.4. The van der Waals surface area contributed by atoms with E-state index < -0.39 is 73.5 Å². The monoisotopic (exact) mass is 1460 g/mol. The van der Waals surface area contributed by atoms with E-state index >= 15 is 0 Å². The Bertz CT molecular complexity index is 3780. The number of phosphoric acid groups is 3. The van der Waals surface area contributed by atoms with E-state index in [9.17, 15) is 50.8 Å². The Morgan fingerprint density at radius 2 is 1.64 bits per heavy atom. The summed E-state index contributed by atoms with van der Waals surface area (Å²) >= 11 is 5.25. The van der Waals surface area contributed by atoms with Crippen molar-refractivity contribution in [2.45, 2.75) is 139 Å². The van der Waals surface area contributed by atoms with Gasteiger partial charge in [-0.25, -0.2) is 13.7 Å². The first-order valence-corrected chi connectivity index (χ1v) is 41.6. The van der Waals surface area contributed by atoms with Gasteiger partial charge in [0.2, 0.25) is 17.5 Å². The number of fused-ring (bicyclic) bond motifs is 3. The number of para-hydroxylation sites is 1. The van der Waals surface area contributed by atoms with Crippen LogP contribution in [0.2, 0.25) is 0 Å². The fourth-order valence-electron chi connectivity index (χ4n) is 11.5. The fourth-order valence-corrected chi connectivity index (χ4v) is 17.2. The number of rotatable bonds is 36. The third kappa shape index (κ3) is 21.8. The maximum atomic E-state index is 13.3. The average molecular weight is 1460 g/mol. The highest BCUT2D eigenvalue weighted by Gasteiger charge is 2.47. The lowest BCUT2D eigenvalue weighted by molar-refractivity contribution is -0.438. The Balaban J connectivity index is 0.760. The summed E-state index contributed by atoms with van der Waals surface area (Å²) in [6, 6.07) is 13.3. The van der Waals surface area contributed by atoms with Crippen molar-refractivity contribution >= 4 is 117 Å². The molecule has 1 fully saturated rings. The molecule has 3 unspecified atom stereocenters. The molecular weight excluding hydrogens is 1370 g/mol. The first kappa shape index (κ1) is 76.9. The summed E-state index contributed by atoms with van der Waals surface area (Å²) in [6.07, 6.45) is 18.6. The summed E-state index contributed by atoms with van der Waals surface area (Å²) in [5.41, 5.74) is 13.1. The molecular formula is C61H84N6O19P3S5+. The Labute approximate surface area is 564 Å². The van der Waals surface area contributed by atoms with Crippen LogP contribution in [0.4, 0.5) is 11.4 Å². The summed E-state index contributed by atoms with van der Waals surface area (Å²) in [6.45, 7) is 12.6. The first-order valence-electron chi connectivity index (χ1n) is 30.5. The molecule has 25 nitrogen and oxygen atoms in total. The molecule has 1 aromatic heterocycles. The summed E-state index contributed by atoms with van der Waals surface area (Å²) in [5.74, 6) is 6.65. The lowest BCUT2D eigenvalue weighted by Gasteiger charge is -2.25. The van der Waals surface area contributed by atoms with E-state index in [0.717, 1.165) is 61.4 Å². The minimum atomic E-state index is -5.77. The van der Waals surface area contributed by atoms with E-state index in [2.05, 4.69) is 118 Å². The lowest BCUT2D eigenvalue weighted by atomic mass is 9.81. The number of nitrogens with one attached hydrogen (secondary N) is 2. The normalized spacial score (nSPS) is 20.4. The molecule has 6 atom stereocenters. The van der Waals surface area contributed by atoms with Gasteiger partial charge in [0.05, 0.1) is 58.7 Å². The molecule has 94 heavy (non-hydrogen) atoms. The second-order valence-corrected chi connectivity index (χ2v) is 35.0. The van der Waals surface area contributed by atoms with Gasteiger partial charge < -0.3 is 59.6 Å². The number of hydrogen-bond donors (Lipinski definition) is 8. The van der Waals surface area contributed by atoms with Gasteiger partial charge in [-0.3, -0.25) is 23.5 Å². The van der Waals surface area contributed by atoms with Crippen LogP contribution < -0.4 is 21.3 Å². The van der Waals surface area contributed by atoms with Gasteiger partial charge in [0.1, 0.15) is 24.8 Å². The number of carbonyl (C=O) groups is 3. The number of allylic oxidation sites excluding steroid dienone is 7. The Morgan fingerprint density at radius 1 is 0.926 bits per heavy atom. The van der Waals surface area contributed by atoms with E-state index in [-0.39, 0.29) is 64.5 Å². The van der Waals surface area contributed by atoms with Crippen LogP contribution in [0.25, 0.3) is 6.08 Å². The zero-order chi connectivity index (χ0) is 68.7. The maximum absolute atomic E-state index is 13.3. The summed E-state index contributed by atoms with van der Waals surface area (Å²) in [4.78, 5) is 78.3. The van der Waals surface area contributed by atoms with Crippen molar-refractivity contribution in [3.63, 3.8) is 0 Å². The van der Waals surface area contributed by atoms with Gasteiger partial charge in [0.15, 0.2) is 11.5 Å². The highest BCUT2D eigenvalue weighted by molar-refractivity contribution is 8.76. The van der Waals surface area contributed by atoms with Crippen LogP contribution in [0.3, 0.4) is 0 Å². The van der Waals surface area contributed by atoms with Crippen molar-refractivity contribution in [1.82, 2.24) is 15.2 Å². The average Bonchev–Trinajstić information content (AvgIpc) is 1.61. The zero-order valence-electron chi connectivity index (χ0n) is 53.2. The summed E-state index contributed by atoms with van der Waals surface area (Å²) < 4.78 is 104. The number of Topliss-reactive ketones (excluding diaryl/α,β-unsaturated/α-hetero) is 1. The molecule has 0 spiro atoms. The van der Waals surface area contributed by atoms with Crippen LogP contribution in [0.1, 0.15) is 144 Å². The molecule has 33 heteroatoms. The number of amides is 2. The molecule has 2 amide bonds. The molecule has 4 heterocycles. The Morgan fingerprint density at radius 3 is 2.35 bits per heavy atom. The number of nitrogens with two attached hydrogens (primary N) is 1. The van der Waals surface area contributed by atoms with Crippen LogP contribution in [-0.2, 0) is 92.2 Å². The van der Waals surface area contributed by atoms with Gasteiger partial charge >= 0.3 is 23.5 Å². The molecule has 1 saturated heterocycles. The molecule has 3 aromatic rings. The minimum absolute atomic E-state index is 0.00333. The smallest absolute Gasteiger partial charge is 0.402 e. The summed E-state index contributed by atoms with van der Waals surface area (Å²) in [5, 5.41) is 5.79. The molecule has 2 aromatic carbocycles. The molecule has 516 valence electrons. The standard InChI is InChI=1S/C61H83N6O19P3S5/c1-7-65-48-23-17-16-22-46(48)60(2,3)54(65)24-12-10-13-25-55-61(4,5)47-37-45(94(78,79)80)28-29-49(47)66(55)32-18-11-15-27-57(70)64-31-34-91-92-41-81-33-19-9-8-14-26-56(69)63-30-20-21-43-39-67(50-35-44(62)36-51(68)59(43)50)58-38-52(82-42-93(6)90)53(84-58)40-83-88(74,75)86-89(76,77)85-87(71,72)73/h10,12-13,16-17,22-25,28-29,35,37,39,52-53,58H,7-9,11,14-15,18-19,26-27,30-34,36,38,40-42H2,1-6H3,(H8-,62,63,64,68,69,70,71,72,73,74,75,76,77,78,79,80)/p+1/t52-,53-,58-,93?/m1/s1. The molecule has 4 aliphatic rings. The van der Waals surface area contributed by atoms with Gasteiger partial charge in [-0.15, -0.1) is 0 Å². The topological polar surface area (TPSA) is 354 Å². The Hall–Kier alpha value is -4.41. The second-order valence-electron chi connectivity index (χ2n) is 23.5. The third-order valence-corrected chi connectivity index (χ3v) is 23.3. The number of aromatic nitrogens is 1. The van der Waals surface area contributed by atoms with Gasteiger partial charge in [-0.2, -0.15) is 21.6 Å². The molecule has 7 rings (SSSR count). The van der Waals surface area contributed by atoms with Crippen LogP contribution in [0.15, 0.2) is 95.3 Å². The van der Waals surface area contributed by atoms with E-state index in [1.807, 2.05) is 12.2 Å². The van der Waals surface area contributed by atoms with Crippen LogP contribution in [0.5, 0.6) is 0 Å². The quantitative estimate of drug-likeness (QED) is 0.00392. The molecule has 3 aliphatic heterocycles. The number of benzene rings is 2. The zero-order valence-corrected chi connectivity index (χ0v) is 60.0. The third-order valence-electron chi connectivity index (χ3n) is 15.8. The van der Waals surface area contributed by atoms with Gasteiger partial charge in [0, 0.05) is 97.5 Å². The fraction of sp³-hybridized carbons (Fsp3) is 0.508. The predicted octanol–water partition coefficient (Wildman–Crippen LogP) is 9.65. The van der Waals surface area contributed by atoms with Crippen molar-refractivity contribution in [2.24, 2.45) is 5.73 Å². The number of ketones is 1. The van der Waals surface area contributed by atoms with E-state index in [0.29, 0.717) is 62.6 Å². The predicted molar refractivity (Wildman–Crippen MR) is 368 cm³/mol. The van der Waals surface area contributed by atoms with Crippen LogP contribution >= 0.6 is 45.1 Å². The van der Waals surface area contributed by atoms with Crippen molar-refractivity contribution in [2.75, 3.05) is 68.2 Å². The molecule has 1 aliphatic carbocycles. The van der Waals surface area contributed by atoms with E-state index in [1.165, 1.54) is 23.0 Å². The maximum Gasteiger partial charge on any atom is 0.490 e. The molecule has 0 radical (unpaired) electrons. The minimum Gasteiger partial charge on any atom is -0.402 e. The number of unbranched alkanes of at least 4 members (excludes halogenated alkanes) is 5. The van der Waals surface area contributed by atoms with Crippen LogP contribution in [0, 0.1) is 11.8 Å². The lowest BCUT2D eigenvalue weighted by Crippen LogP contribution is -2.29. The first-order chi connectivity index (χ1) is 44.3. The van der Waals surface area contributed by atoms with Crippen molar-refractivity contribution in [1.29, 1.82) is 0 Å². The van der Waals surface area contributed by atoms with E-state index in [4.69, 9.17) is 45.4 Å². The number of phosphoric ester groups is 1. The number of carbonyl (C=O) groups excluding carboxylic acids is 3. The number of nitrogens with zero attached hydrogens (tertiary/aromatic N) is 3. The van der Waals surface area contributed by atoms with E-state index in [1.54, 1.807) is 56.8 Å². The van der Waals surface area contributed by atoms with Crippen LogP contribution in [-0.4, -0.2) is 140 Å². The molecule has 0 bridgehead atoms. The Kier molecular flexibility index (Phi) is 28.1. The number of anilines is 1. The number of likely N-dealkylation sites (N-methyl/N-ethyl adjacent to an activating group) is 1. The van der Waals surface area contributed by atoms with Gasteiger partial charge in [0.25, 0.3) is 10.1 Å². The van der Waals surface area contributed by atoms with Crippen molar-refractivity contribution < 1.29 is 92.6 Å².